The minimum Gasteiger partial charge on any atom is -0.398 e. The predicted molar refractivity (Wildman–Crippen MR) is 52.8 cm³/mol. The summed E-state index contributed by atoms with van der Waals surface area (Å²) in [6, 6.07) is 5.19. The van der Waals surface area contributed by atoms with Gasteiger partial charge in [0.2, 0.25) is 0 Å². The van der Waals surface area contributed by atoms with Crippen LogP contribution in [0.5, 0.6) is 0 Å². The summed E-state index contributed by atoms with van der Waals surface area (Å²) in [7, 11) is -1.26. The number of nitrogens with two attached hydrogens (primary N) is 1. The Balaban J connectivity index is 3.01. The molecule has 0 aliphatic rings. The Kier molecular flexibility index (Phi) is 3.42. The van der Waals surface area contributed by atoms with Crippen LogP contribution in [-0.2, 0) is 10.8 Å². The normalized spacial score (nSPS) is 12.8. The van der Waals surface area contributed by atoms with Crippen molar-refractivity contribution in [2.45, 2.75) is 11.8 Å². The average Bonchev–Trinajstić information content (AvgIpc) is 2.10. The van der Waals surface area contributed by atoms with Gasteiger partial charge in [-0.05, 0) is 24.6 Å². The summed E-state index contributed by atoms with van der Waals surface area (Å²) in [5.74, 6) is 0.0459. The highest BCUT2D eigenvalue weighted by molar-refractivity contribution is 7.85. The lowest BCUT2D eigenvalue weighted by atomic mass is 10.2. The first-order valence-electron chi connectivity index (χ1n) is 3.96. The molecule has 0 radical (unpaired) electrons. The average molecular weight is 201 g/mol. The molecule has 0 heterocycles. The summed E-state index contributed by atoms with van der Waals surface area (Å²) in [5.41, 5.74) is 7.01. The third-order valence-corrected chi connectivity index (χ3v) is 3.29. The van der Waals surface area contributed by atoms with E-state index in [0.29, 0.717) is 10.6 Å². The Morgan fingerprint density at radius 1 is 1.54 bits per heavy atom. The molecule has 1 atom stereocenters. The smallest absolute Gasteiger partial charge is 0.101 e. The highest BCUT2D eigenvalue weighted by Crippen LogP contribution is 2.18. The summed E-state index contributed by atoms with van der Waals surface area (Å²) in [6.07, 6.45) is 0. The van der Waals surface area contributed by atoms with Crippen molar-refractivity contribution in [2.24, 2.45) is 0 Å². The van der Waals surface area contributed by atoms with Gasteiger partial charge in [-0.15, -0.1) is 0 Å². The van der Waals surface area contributed by atoms with E-state index in [9.17, 15) is 8.60 Å². The van der Waals surface area contributed by atoms with Crippen LogP contribution in [0.1, 0.15) is 5.56 Å². The predicted octanol–water partition coefficient (Wildman–Crippen LogP) is 1.65. The Morgan fingerprint density at radius 3 is 2.85 bits per heavy atom. The molecule has 0 fully saturated rings. The molecule has 0 bridgehead atoms. The summed E-state index contributed by atoms with van der Waals surface area (Å²) in [6.45, 7) is 1.22. The lowest BCUT2D eigenvalue weighted by molar-refractivity contribution is 0.528. The van der Waals surface area contributed by atoms with Gasteiger partial charge in [-0.25, -0.2) is 0 Å². The van der Waals surface area contributed by atoms with Crippen LogP contribution in [0, 0.1) is 6.92 Å². The fraction of sp³-hybridized carbons (Fsp3) is 0.333. The Hall–Kier alpha value is -0.900. The molecule has 0 saturated heterocycles. The molecule has 1 rings (SSSR count). The zero-order valence-corrected chi connectivity index (χ0v) is 8.23. The lowest BCUT2D eigenvalue weighted by Crippen LogP contribution is -2.03. The van der Waals surface area contributed by atoms with Crippen molar-refractivity contribution < 1.29 is 8.60 Å². The number of alkyl halides is 1. The summed E-state index contributed by atoms with van der Waals surface area (Å²) in [5, 5.41) is 0. The maximum Gasteiger partial charge on any atom is 0.101 e. The highest BCUT2D eigenvalue weighted by Gasteiger charge is 2.07. The molecule has 4 heteroatoms. The molecule has 2 N–H and O–H groups in total. The van der Waals surface area contributed by atoms with Crippen LogP contribution in [0.15, 0.2) is 23.1 Å². The summed E-state index contributed by atoms with van der Waals surface area (Å²) < 4.78 is 23.4. The molecule has 72 valence electrons. The van der Waals surface area contributed by atoms with E-state index in [0.717, 1.165) is 5.56 Å². The fourth-order valence-electron chi connectivity index (χ4n) is 1.06. The fourth-order valence-corrected chi connectivity index (χ4v) is 2.11. The molecule has 0 spiro atoms. The first-order chi connectivity index (χ1) is 6.16. The van der Waals surface area contributed by atoms with Crippen LogP contribution in [0.4, 0.5) is 10.1 Å². The molecule has 0 aliphatic heterocycles. The van der Waals surface area contributed by atoms with Gasteiger partial charge in [0.15, 0.2) is 0 Å². The standard InChI is InChI=1S/C9H12FNOS/c1-7-8(11)3-2-4-9(7)13(12)6-5-10/h2-4H,5-6,11H2,1H3. The first-order valence-corrected chi connectivity index (χ1v) is 5.28. The van der Waals surface area contributed by atoms with E-state index in [-0.39, 0.29) is 5.75 Å². The van der Waals surface area contributed by atoms with Crippen LogP contribution in [0.3, 0.4) is 0 Å². The van der Waals surface area contributed by atoms with E-state index in [1.807, 2.05) is 0 Å². The highest BCUT2D eigenvalue weighted by atomic mass is 32.2. The van der Waals surface area contributed by atoms with Gasteiger partial charge in [0, 0.05) is 10.6 Å². The Morgan fingerprint density at radius 2 is 2.23 bits per heavy atom. The third kappa shape index (κ3) is 2.28. The zero-order chi connectivity index (χ0) is 9.84. The minimum atomic E-state index is -1.26. The molecule has 13 heavy (non-hydrogen) atoms. The second-order valence-corrected chi connectivity index (χ2v) is 4.25. The van der Waals surface area contributed by atoms with Crippen molar-refractivity contribution in [2.75, 3.05) is 18.2 Å². The van der Waals surface area contributed by atoms with Gasteiger partial charge in [0.05, 0.1) is 16.6 Å². The lowest BCUT2D eigenvalue weighted by Gasteiger charge is -2.06. The topological polar surface area (TPSA) is 43.1 Å². The van der Waals surface area contributed by atoms with Crippen LogP contribution < -0.4 is 5.73 Å². The summed E-state index contributed by atoms with van der Waals surface area (Å²) in [4.78, 5) is 0.637. The minimum absolute atomic E-state index is 0.0459. The number of hydrogen-bond acceptors (Lipinski definition) is 2. The second-order valence-electron chi connectivity index (χ2n) is 2.71. The van der Waals surface area contributed by atoms with Crippen molar-refractivity contribution in [3.05, 3.63) is 23.8 Å². The summed E-state index contributed by atoms with van der Waals surface area (Å²) >= 11 is 0. The molecular weight excluding hydrogens is 189 g/mol. The van der Waals surface area contributed by atoms with E-state index >= 15 is 0 Å². The monoisotopic (exact) mass is 201 g/mol. The quantitative estimate of drug-likeness (QED) is 0.756. The number of benzene rings is 1. The molecular formula is C9H12FNOS. The SMILES string of the molecule is Cc1c(N)cccc1S(=O)CCF. The van der Waals surface area contributed by atoms with Gasteiger partial charge in [-0.2, -0.15) is 0 Å². The van der Waals surface area contributed by atoms with Crippen molar-refractivity contribution in [3.8, 4) is 0 Å². The Labute approximate surface area is 79.4 Å². The number of nitrogen functional groups attached to an aromatic ring is 1. The molecule has 0 aromatic heterocycles. The van der Waals surface area contributed by atoms with Crippen LogP contribution in [0.25, 0.3) is 0 Å². The van der Waals surface area contributed by atoms with Gasteiger partial charge in [0.1, 0.15) is 6.67 Å². The van der Waals surface area contributed by atoms with Gasteiger partial charge in [-0.3, -0.25) is 8.60 Å². The first kappa shape index (κ1) is 10.2. The number of halogens is 1. The van der Waals surface area contributed by atoms with Crippen LogP contribution in [0.2, 0.25) is 0 Å². The Bertz CT molecular complexity index is 327. The van der Waals surface area contributed by atoms with Gasteiger partial charge in [-0.1, -0.05) is 6.07 Å². The molecule has 1 aromatic carbocycles. The van der Waals surface area contributed by atoms with Crippen molar-refractivity contribution in [3.63, 3.8) is 0 Å². The molecule has 2 nitrogen and oxygen atoms in total. The van der Waals surface area contributed by atoms with E-state index < -0.39 is 17.5 Å². The number of anilines is 1. The molecule has 1 aromatic rings. The number of hydrogen-bond donors (Lipinski definition) is 1. The van der Waals surface area contributed by atoms with Crippen molar-refractivity contribution in [1.82, 2.24) is 0 Å². The van der Waals surface area contributed by atoms with Gasteiger partial charge < -0.3 is 5.73 Å². The van der Waals surface area contributed by atoms with Crippen LogP contribution in [-0.4, -0.2) is 16.6 Å². The van der Waals surface area contributed by atoms with E-state index in [1.54, 1.807) is 25.1 Å². The van der Waals surface area contributed by atoms with Gasteiger partial charge in [0.25, 0.3) is 0 Å². The molecule has 1 unspecified atom stereocenters. The third-order valence-electron chi connectivity index (χ3n) is 1.83. The van der Waals surface area contributed by atoms with Gasteiger partial charge >= 0.3 is 0 Å². The number of rotatable bonds is 3. The maximum atomic E-state index is 11.9. The molecule has 0 aliphatic carbocycles. The molecule has 0 saturated carbocycles. The second kappa shape index (κ2) is 4.37. The van der Waals surface area contributed by atoms with Crippen LogP contribution >= 0.6 is 0 Å². The van der Waals surface area contributed by atoms with Crippen molar-refractivity contribution in [1.29, 1.82) is 0 Å². The maximum absolute atomic E-state index is 11.9. The largest absolute Gasteiger partial charge is 0.398 e. The van der Waals surface area contributed by atoms with E-state index in [2.05, 4.69) is 0 Å². The van der Waals surface area contributed by atoms with Crippen molar-refractivity contribution >= 4 is 16.5 Å². The molecule has 0 amide bonds. The van der Waals surface area contributed by atoms with E-state index in [1.165, 1.54) is 0 Å². The zero-order valence-electron chi connectivity index (χ0n) is 7.42. The van der Waals surface area contributed by atoms with E-state index in [4.69, 9.17) is 5.73 Å².